The van der Waals surface area contributed by atoms with Gasteiger partial charge in [-0.2, -0.15) is 0 Å². The number of methoxy groups -OCH3 is 1. The molecule has 2 rings (SSSR count). The van der Waals surface area contributed by atoms with E-state index in [1.165, 1.54) is 18.4 Å². The van der Waals surface area contributed by atoms with Gasteiger partial charge in [0.25, 0.3) is 0 Å². The first kappa shape index (κ1) is 18.8. The molecule has 1 heterocycles. The number of benzene rings is 1. The van der Waals surface area contributed by atoms with Crippen LogP contribution >= 0.6 is 11.3 Å². The zero-order chi connectivity index (χ0) is 18.4. The number of carbonyl (C=O) groups is 3. The van der Waals surface area contributed by atoms with Gasteiger partial charge in [-0.05, 0) is 13.8 Å². The van der Waals surface area contributed by atoms with Crippen LogP contribution in [0.5, 0.6) is 0 Å². The van der Waals surface area contributed by atoms with Crippen LogP contribution in [0.2, 0.25) is 0 Å². The number of Topliss-reactive ketones (excluding diaryl/α,β-unsaturated/α-hetero) is 1. The van der Waals surface area contributed by atoms with Crippen molar-refractivity contribution < 1.29 is 19.1 Å². The SMILES string of the molecule is COC(=O)Cc1sc(NC(=O)CCC(=O)c2ccc(C)cc2)nc1C. The number of esters is 1. The van der Waals surface area contributed by atoms with E-state index in [2.05, 4.69) is 15.0 Å². The number of hydrogen-bond acceptors (Lipinski definition) is 6. The van der Waals surface area contributed by atoms with Crippen molar-refractivity contribution in [1.29, 1.82) is 0 Å². The number of nitrogens with zero attached hydrogens (tertiary/aromatic N) is 1. The number of thiazole rings is 1. The predicted molar refractivity (Wildman–Crippen MR) is 95.9 cm³/mol. The molecule has 0 fully saturated rings. The van der Waals surface area contributed by atoms with E-state index in [1.54, 1.807) is 19.1 Å². The highest BCUT2D eigenvalue weighted by atomic mass is 32.1. The molecule has 0 spiro atoms. The summed E-state index contributed by atoms with van der Waals surface area (Å²) in [5.41, 5.74) is 2.36. The molecule has 132 valence electrons. The number of nitrogens with one attached hydrogen (secondary N) is 1. The van der Waals surface area contributed by atoms with E-state index in [-0.39, 0.29) is 36.9 Å². The Kier molecular flexibility index (Phi) is 6.41. The minimum Gasteiger partial charge on any atom is -0.469 e. The molecular formula is C18H20N2O4S. The molecule has 2 aromatic rings. The summed E-state index contributed by atoms with van der Waals surface area (Å²) in [6.45, 7) is 3.72. The Labute approximate surface area is 150 Å². The molecule has 0 saturated carbocycles. The molecule has 0 saturated heterocycles. The fraction of sp³-hybridized carbons (Fsp3) is 0.333. The minimum atomic E-state index is -0.353. The smallest absolute Gasteiger partial charge is 0.310 e. The van der Waals surface area contributed by atoms with Gasteiger partial charge in [0.15, 0.2) is 10.9 Å². The third-order valence-electron chi connectivity index (χ3n) is 3.62. The van der Waals surface area contributed by atoms with E-state index in [0.29, 0.717) is 16.4 Å². The molecule has 0 aliphatic heterocycles. The van der Waals surface area contributed by atoms with Gasteiger partial charge < -0.3 is 10.1 Å². The normalized spacial score (nSPS) is 10.4. The standard InChI is InChI=1S/C18H20N2O4S/c1-11-4-6-13(7-5-11)14(21)8-9-16(22)20-18-19-12(2)15(25-18)10-17(23)24-3/h4-7H,8-10H2,1-3H3,(H,19,20,22). The second kappa shape index (κ2) is 8.53. The molecule has 1 aromatic carbocycles. The van der Waals surface area contributed by atoms with Crippen molar-refractivity contribution >= 4 is 34.1 Å². The monoisotopic (exact) mass is 360 g/mol. The molecule has 6 nitrogen and oxygen atoms in total. The Morgan fingerprint density at radius 3 is 2.44 bits per heavy atom. The lowest BCUT2D eigenvalue weighted by Gasteiger charge is -2.02. The summed E-state index contributed by atoms with van der Waals surface area (Å²) in [7, 11) is 1.33. The predicted octanol–water partition coefficient (Wildman–Crippen LogP) is 3.08. The minimum absolute atomic E-state index is 0.0724. The fourth-order valence-electron chi connectivity index (χ4n) is 2.14. The largest absolute Gasteiger partial charge is 0.469 e. The molecule has 0 bridgehead atoms. The average Bonchev–Trinajstić information content (AvgIpc) is 2.92. The highest BCUT2D eigenvalue weighted by Crippen LogP contribution is 2.23. The molecule has 1 aromatic heterocycles. The van der Waals surface area contributed by atoms with Gasteiger partial charge in [0.2, 0.25) is 5.91 Å². The van der Waals surface area contributed by atoms with Crippen LogP contribution in [-0.2, 0) is 20.7 Å². The van der Waals surface area contributed by atoms with Crippen LogP contribution in [0.4, 0.5) is 5.13 Å². The lowest BCUT2D eigenvalue weighted by atomic mass is 10.1. The lowest BCUT2D eigenvalue weighted by Crippen LogP contribution is -2.13. The Bertz CT molecular complexity index is 781. The van der Waals surface area contributed by atoms with Gasteiger partial charge in [0.05, 0.1) is 19.2 Å². The van der Waals surface area contributed by atoms with E-state index >= 15 is 0 Å². The number of hydrogen-bond donors (Lipinski definition) is 1. The van der Waals surface area contributed by atoms with Crippen LogP contribution in [0.1, 0.15) is 39.3 Å². The van der Waals surface area contributed by atoms with Crippen molar-refractivity contribution in [2.24, 2.45) is 0 Å². The summed E-state index contributed by atoms with van der Waals surface area (Å²) in [6, 6.07) is 7.26. The van der Waals surface area contributed by atoms with Crippen LogP contribution in [0.3, 0.4) is 0 Å². The highest BCUT2D eigenvalue weighted by molar-refractivity contribution is 7.16. The van der Waals surface area contributed by atoms with Crippen molar-refractivity contribution in [3.8, 4) is 0 Å². The van der Waals surface area contributed by atoms with Crippen LogP contribution in [0.15, 0.2) is 24.3 Å². The van der Waals surface area contributed by atoms with Gasteiger partial charge >= 0.3 is 5.97 Å². The molecule has 0 radical (unpaired) electrons. The van der Waals surface area contributed by atoms with Crippen molar-refractivity contribution in [3.05, 3.63) is 46.0 Å². The Hall–Kier alpha value is -2.54. The Morgan fingerprint density at radius 1 is 1.12 bits per heavy atom. The number of ether oxygens (including phenoxy) is 1. The summed E-state index contributed by atoms with van der Waals surface area (Å²) in [4.78, 5) is 40.4. The van der Waals surface area contributed by atoms with Crippen LogP contribution in [-0.4, -0.2) is 29.8 Å². The fourth-order valence-corrected chi connectivity index (χ4v) is 3.11. The summed E-state index contributed by atoms with van der Waals surface area (Å²) >= 11 is 1.23. The number of aromatic nitrogens is 1. The second-order valence-corrected chi connectivity index (χ2v) is 6.70. The molecule has 1 amide bonds. The molecule has 7 heteroatoms. The quantitative estimate of drug-likeness (QED) is 0.606. The van der Waals surface area contributed by atoms with Gasteiger partial charge in [0, 0.05) is 23.3 Å². The number of rotatable bonds is 7. The number of ketones is 1. The molecule has 0 aliphatic carbocycles. The van der Waals surface area contributed by atoms with Crippen LogP contribution in [0, 0.1) is 13.8 Å². The van der Waals surface area contributed by atoms with E-state index in [1.807, 2.05) is 19.1 Å². The Balaban J connectivity index is 1.88. The van der Waals surface area contributed by atoms with Crippen molar-refractivity contribution in [1.82, 2.24) is 4.98 Å². The number of anilines is 1. The molecular weight excluding hydrogens is 340 g/mol. The van der Waals surface area contributed by atoms with Crippen molar-refractivity contribution in [2.75, 3.05) is 12.4 Å². The van der Waals surface area contributed by atoms with E-state index in [4.69, 9.17) is 0 Å². The van der Waals surface area contributed by atoms with Gasteiger partial charge in [-0.1, -0.05) is 29.8 Å². The second-order valence-electron chi connectivity index (χ2n) is 5.62. The number of aryl methyl sites for hydroxylation is 2. The maximum Gasteiger partial charge on any atom is 0.310 e. The van der Waals surface area contributed by atoms with Gasteiger partial charge in [-0.3, -0.25) is 14.4 Å². The maximum absolute atomic E-state index is 12.1. The number of amides is 1. The topological polar surface area (TPSA) is 85.4 Å². The Morgan fingerprint density at radius 2 is 1.80 bits per heavy atom. The molecule has 25 heavy (non-hydrogen) atoms. The van der Waals surface area contributed by atoms with Crippen LogP contribution in [0.25, 0.3) is 0 Å². The average molecular weight is 360 g/mol. The third-order valence-corrected chi connectivity index (χ3v) is 4.70. The lowest BCUT2D eigenvalue weighted by molar-refractivity contribution is -0.139. The van der Waals surface area contributed by atoms with Gasteiger partial charge in [-0.25, -0.2) is 4.98 Å². The third kappa shape index (κ3) is 5.49. The highest BCUT2D eigenvalue weighted by Gasteiger charge is 2.15. The van der Waals surface area contributed by atoms with E-state index < -0.39 is 0 Å². The summed E-state index contributed by atoms with van der Waals surface area (Å²) in [6.07, 6.45) is 0.341. The molecule has 0 aliphatic rings. The van der Waals surface area contributed by atoms with Crippen molar-refractivity contribution in [3.63, 3.8) is 0 Å². The van der Waals surface area contributed by atoms with Gasteiger partial charge in [-0.15, -0.1) is 11.3 Å². The summed E-state index contributed by atoms with van der Waals surface area (Å²) < 4.78 is 4.63. The maximum atomic E-state index is 12.1. The zero-order valence-corrected chi connectivity index (χ0v) is 15.2. The molecule has 1 N–H and O–H groups in total. The first-order valence-corrected chi connectivity index (χ1v) is 8.63. The molecule has 0 atom stereocenters. The molecule has 0 unspecified atom stereocenters. The number of carbonyl (C=O) groups excluding carboxylic acids is 3. The van der Waals surface area contributed by atoms with Crippen LogP contribution < -0.4 is 5.32 Å². The van der Waals surface area contributed by atoms with Crippen molar-refractivity contribution in [2.45, 2.75) is 33.1 Å². The zero-order valence-electron chi connectivity index (χ0n) is 14.4. The first-order chi connectivity index (χ1) is 11.9. The van der Waals surface area contributed by atoms with E-state index in [9.17, 15) is 14.4 Å². The van der Waals surface area contributed by atoms with Gasteiger partial charge in [0.1, 0.15) is 0 Å². The summed E-state index contributed by atoms with van der Waals surface area (Å²) in [5, 5.41) is 3.10. The first-order valence-electron chi connectivity index (χ1n) is 7.82. The van der Waals surface area contributed by atoms with E-state index in [0.717, 1.165) is 10.4 Å². The summed E-state index contributed by atoms with van der Waals surface area (Å²) in [5.74, 6) is -0.705.